The molecule has 0 aliphatic heterocycles. The van der Waals surface area contributed by atoms with Crippen LogP contribution in [0.2, 0.25) is 0 Å². The maximum atomic E-state index is 13.5. The molecule has 0 saturated heterocycles. The molecule has 0 aliphatic carbocycles. The Morgan fingerprint density at radius 3 is 2.47 bits per heavy atom. The zero-order valence-electron chi connectivity index (χ0n) is 18.5. The van der Waals surface area contributed by atoms with Gasteiger partial charge in [0.05, 0.1) is 36.6 Å². The summed E-state index contributed by atoms with van der Waals surface area (Å²) in [7, 11) is 3.12. The van der Waals surface area contributed by atoms with Gasteiger partial charge in [-0.2, -0.15) is 0 Å². The molecule has 0 unspecified atom stereocenters. The molecule has 0 spiro atoms. The Morgan fingerprint density at radius 2 is 1.68 bits per heavy atom. The van der Waals surface area contributed by atoms with Gasteiger partial charge in [0, 0.05) is 11.6 Å². The van der Waals surface area contributed by atoms with Crippen LogP contribution < -0.4 is 15.0 Å². The van der Waals surface area contributed by atoms with E-state index in [1.54, 1.807) is 43.1 Å². The van der Waals surface area contributed by atoms with Crippen molar-refractivity contribution in [2.24, 2.45) is 0 Å². The summed E-state index contributed by atoms with van der Waals surface area (Å²) in [4.78, 5) is 18.2. The van der Waals surface area contributed by atoms with E-state index in [1.165, 1.54) is 11.8 Å². The Morgan fingerprint density at radius 1 is 0.912 bits per heavy atom. The molecular weight excluding hydrogens is 452 g/mol. The number of hydrogen-bond acceptors (Lipinski definition) is 8. The highest BCUT2D eigenvalue weighted by Gasteiger charge is 2.17. The SMILES string of the molecule is COc1ccc(-n2c(SCc3nnc(-c4ccccc4)o3)nc3ccccc3c2=O)cc1OC. The van der Waals surface area contributed by atoms with Crippen molar-refractivity contribution >= 4 is 22.7 Å². The predicted molar refractivity (Wildman–Crippen MR) is 130 cm³/mol. The smallest absolute Gasteiger partial charge is 0.266 e. The van der Waals surface area contributed by atoms with Gasteiger partial charge in [-0.05, 0) is 36.4 Å². The van der Waals surface area contributed by atoms with Crippen molar-refractivity contribution in [2.75, 3.05) is 14.2 Å². The van der Waals surface area contributed by atoms with Gasteiger partial charge < -0.3 is 13.9 Å². The number of hydrogen-bond donors (Lipinski definition) is 0. The molecule has 0 atom stereocenters. The van der Waals surface area contributed by atoms with Crippen LogP contribution in [-0.4, -0.2) is 34.0 Å². The fourth-order valence-electron chi connectivity index (χ4n) is 3.54. The van der Waals surface area contributed by atoms with E-state index in [9.17, 15) is 4.79 Å². The zero-order chi connectivity index (χ0) is 23.5. The molecule has 34 heavy (non-hydrogen) atoms. The third-order valence-corrected chi connectivity index (χ3v) is 6.11. The number of ether oxygens (including phenoxy) is 2. The second-order valence-electron chi connectivity index (χ2n) is 7.25. The van der Waals surface area contributed by atoms with Gasteiger partial charge in [0.15, 0.2) is 16.7 Å². The Labute approximate surface area is 199 Å². The van der Waals surface area contributed by atoms with Gasteiger partial charge in [-0.1, -0.05) is 42.1 Å². The Hall–Kier alpha value is -4.11. The average molecular weight is 473 g/mol. The number of rotatable bonds is 7. The first-order valence-corrected chi connectivity index (χ1v) is 11.4. The number of fused-ring (bicyclic) bond motifs is 1. The third-order valence-electron chi connectivity index (χ3n) is 5.18. The van der Waals surface area contributed by atoms with E-state index >= 15 is 0 Å². The molecule has 0 aliphatic rings. The van der Waals surface area contributed by atoms with Crippen LogP contribution in [0, 0.1) is 0 Å². The molecule has 170 valence electrons. The summed E-state index contributed by atoms with van der Waals surface area (Å²) >= 11 is 1.34. The number of aromatic nitrogens is 4. The molecule has 9 heteroatoms. The minimum Gasteiger partial charge on any atom is -0.493 e. The monoisotopic (exact) mass is 472 g/mol. The molecule has 0 radical (unpaired) electrons. The van der Waals surface area contributed by atoms with Crippen molar-refractivity contribution in [3.63, 3.8) is 0 Å². The van der Waals surface area contributed by atoms with Gasteiger partial charge >= 0.3 is 0 Å². The molecule has 0 bridgehead atoms. The van der Waals surface area contributed by atoms with E-state index < -0.39 is 0 Å². The standard InChI is InChI=1S/C25H20N4O4S/c1-31-20-13-12-17(14-21(20)32-2)29-24(30)18-10-6-7-11-19(18)26-25(29)34-15-22-27-28-23(33-22)16-8-4-3-5-9-16/h3-14H,15H2,1-2H3. The minimum atomic E-state index is -0.184. The van der Waals surface area contributed by atoms with Crippen LogP contribution in [0.25, 0.3) is 28.0 Å². The summed E-state index contributed by atoms with van der Waals surface area (Å²) in [6.45, 7) is 0. The average Bonchev–Trinajstić information content (AvgIpc) is 3.37. The quantitative estimate of drug-likeness (QED) is 0.248. The molecule has 2 heterocycles. The lowest BCUT2D eigenvalue weighted by Gasteiger charge is -2.15. The highest BCUT2D eigenvalue weighted by atomic mass is 32.2. The van der Waals surface area contributed by atoms with E-state index in [2.05, 4.69) is 10.2 Å². The summed E-state index contributed by atoms with van der Waals surface area (Å²) in [6, 6.07) is 22.1. The predicted octanol–water partition coefficient (Wildman–Crippen LogP) is 4.75. The van der Waals surface area contributed by atoms with Crippen molar-refractivity contribution < 1.29 is 13.9 Å². The maximum Gasteiger partial charge on any atom is 0.266 e. The largest absolute Gasteiger partial charge is 0.493 e. The second-order valence-corrected chi connectivity index (χ2v) is 8.19. The molecule has 2 aromatic heterocycles. The number of nitrogens with zero attached hydrogens (tertiary/aromatic N) is 4. The molecule has 0 saturated carbocycles. The lowest BCUT2D eigenvalue weighted by Crippen LogP contribution is -2.21. The summed E-state index contributed by atoms with van der Waals surface area (Å²) in [5.74, 6) is 2.31. The zero-order valence-corrected chi connectivity index (χ0v) is 19.3. The first-order chi connectivity index (χ1) is 16.7. The maximum absolute atomic E-state index is 13.5. The van der Waals surface area contributed by atoms with Crippen molar-refractivity contribution in [3.05, 3.63) is 89.0 Å². The highest BCUT2D eigenvalue weighted by molar-refractivity contribution is 7.98. The number of thioether (sulfide) groups is 1. The Balaban J connectivity index is 1.54. The lowest BCUT2D eigenvalue weighted by atomic mass is 10.2. The fraction of sp³-hybridized carbons (Fsp3) is 0.120. The van der Waals surface area contributed by atoms with E-state index in [4.69, 9.17) is 18.9 Å². The van der Waals surface area contributed by atoms with Crippen LogP contribution in [0.4, 0.5) is 0 Å². The normalized spacial score (nSPS) is 11.0. The summed E-state index contributed by atoms with van der Waals surface area (Å²) in [5.41, 5.74) is 1.88. The Kier molecular flexibility index (Phi) is 6.01. The molecular formula is C25H20N4O4S. The summed E-state index contributed by atoms with van der Waals surface area (Å²) < 4.78 is 18.2. The number of methoxy groups -OCH3 is 2. The molecule has 3 aromatic carbocycles. The van der Waals surface area contributed by atoms with Gasteiger partial charge in [-0.3, -0.25) is 9.36 Å². The van der Waals surface area contributed by atoms with E-state index in [0.29, 0.717) is 50.8 Å². The van der Waals surface area contributed by atoms with Gasteiger partial charge in [-0.15, -0.1) is 10.2 Å². The third kappa shape index (κ3) is 4.13. The number of benzene rings is 3. The fourth-order valence-corrected chi connectivity index (χ4v) is 4.39. The summed E-state index contributed by atoms with van der Waals surface area (Å²) in [5, 5.41) is 9.31. The van der Waals surface area contributed by atoms with Crippen molar-refractivity contribution in [1.82, 2.24) is 19.7 Å². The first-order valence-electron chi connectivity index (χ1n) is 10.4. The molecule has 5 rings (SSSR count). The molecule has 0 N–H and O–H groups in total. The lowest BCUT2D eigenvalue weighted by molar-refractivity contribution is 0.354. The highest BCUT2D eigenvalue weighted by Crippen LogP contribution is 2.31. The van der Waals surface area contributed by atoms with Crippen LogP contribution in [0.15, 0.2) is 87.2 Å². The van der Waals surface area contributed by atoms with E-state index in [1.807, 2.05) is 48.5 Å². The van der Waals surface area contributed by atoms with Crippen LogP contribution in [0.5, 0.6) is 11.5 Å². The van der Waals surface area contributed by atoms with Crippen LogP contribution in [0.1, 0.15) is 5.89 Å². The van der Waals surface area contributed by atoms with Crippen LogP contribution in [0.3, 0.4) is 0 Å². The van der Waals surface area contributed by atoms with Crippen LogP contribution in [-0.2, 0) is 5.75 Å². The van der Waals surface area contributed by atoms with Gasteiger partial charge in [0.2, 0.25) is 11.8 Å². The first kappa shape index (κ1) is 21.7. The van der Waals surface area contributed by atoms with Gasteiger partial charge in [0.1, 0.15) is 0 Å². The van der Waals surface area contributed by atoms with Gasteiger partial charge in [0.25, 0.3) is 5.56 Å². The van der Waals surface area contributed by atoms with Crippen LogP contribution >= 0.6 is 11.8 Å². The van der Waals surface area contributed by atoms with E-state index in [-0.39, 0.29) is 5.56 Å². The second kappa shape index (κ2) is 9.40. The topological polar surface area (TPSA) is 92.3 Å². The molecule has 5 aromatic rings. The summed E-state index contributed by atoms with van der Waals surface area (Å²) in [6.07, 6.45) is 0. The van der Waals surface area contributed by atoms with Crippen molar-refractivity contribution in [1.29, 1.82) is 0 Å². The Bertz CT molecular complexity index is 1510. The van der Waals surface area contributed by atoms with Gasteiger partial charge in [-0.25, -0.2) is 4.98 Å². The molecule has 0 amide bonds. The van der Waals surface area contributed by atoms with E-state index in [0.717, 1.165) is 5.56 Å². The van der Waals surface area contributed by atoms with Crippen molar-refractivity contribution in [3.8, 4) is 28.6 Å². The molecule has 8 nitrogen and oxygen atoms in total. The van der Waals surface area contributed by atoms with Crippen molar-refractivity contribution in [2.45, 2.75) is 10.9 Å². The molecule has 0 fully saturated rings. The number of para-hydroxylation sites is 1. The minimum absolute atomic E-state index is 0.184.